The van der Waals surface area contributed by atoms with Crippen molar-refractivity contribution in [2.45, 2.75) is 104 Å². The van der Waals surface area contributed by atoms with Crippen LogP contribution in [0.1, 0.15) is 90.5 Å². The molecule has 0 aliphatic heterocycles. The molecular formula is C37H51NO3. The van der Waals surface area contributed by atoms with Gasteiger partial charge in [0.1, 0.15) is 0 Å². The number of carbonyl (C=O) groups excluding carboxylic acids is 1. The van der Waals surface area contributed by atoms with E-state index in [1.54, 1.807) is 6.92 Å². The summed E-state index contributed by atoms with van der Waals surface area (Å²) < 4.78 is 0. The Morgan fingerprint density at radius 2 is 1.71 bits per heavy atom. The van der Waals surface area contributed by atoms with Crippen LogP contribution in [0.3, 0.4) is 0 Å². The topological polar surface area (TPSA) is 69.6 Å². The molecule has 0 unspecified atom stereocenters. The molecule has 0 spiro atoms. The minimum Gasteiger partial charge on any atom is -0.394 e. The second kappa shape index (κ2) is 15.0. The molecule has 4 aliphatic rings. The number of hydrogen-bond donors (Lipinski definition) is 3. The van der Waals surface area contributed by atoms with Crippen LogP contribution in [-0.4, -0.2) is 34.9 Å². The molecule has 4 heteroatoms. The summed E-state index contributed by atoms with van der Waals surface area (Å²) in [6.07, 6.45) is 20.7. The second-order valence-corrected chi connectivity index (χ2v) is 13.4. The molecule has 0 aromatic heterocycles. The highest BCUT2D eigenvalue weighted by atomic mass is 16.3. The van der Waals surface area contributed by atoms with Gasteiger partial charge in [0.15, 0.2) is 0 Å². The Morgan fingerprint density at radius 3 is 2.34 bits per heavy atom. The lowest BCUT2D eigenvalue weighted by Gasteiger charge is -2.57. The number of allylic oxidation sites excluding steroid dienone is 3. The van der Waals surface area contributed by atoms with Crippen molar-refractivity contribution in [3.8, 4) is 11.8 Å². The molecule has 41 heavy (non-hydrogen) atoms. The van der Waals surface area contributed by atoms with E-state index >= 15 is 0 Å². The molecule has 4 saturated carbocycles. The van der Waals surface area contributed by atoms with Gasteiger partial charge in [-0.05, 0) is 118 Å². The first kappa shape index (κ1) is 31.3. The summed E-state index contributed by atoms with van der Waals surface area (Å²) in [7, 11) is 0. The number of hydrogen-bond acceptors (Lipinski definition) is 3. The fourth-order valence-corrected chi connectivity index (χ4v) is 7.99. The summed E-state index contributed by atoms with van der Waals surface area (Å²) in [6.45, 7) is 5.80. The number of amides is 1. The second-order valence-electron chi connectivity index (χ2n) is 13.4. The van der Waals surface area contributed by atoms with Crippen LogP contribution >= 0.6 is 0 Å². The van der Waals surface area contributed by atoms with Crippen LogP contribution in [-0.2, 0) is 11.2 Å². The molecule has 4 aliphatic carbocycles. The molecule has 1 aromatic carbocycles. The van der Waals surface area contributed by atoms with Crippen LogP contribution in [0.4, 0.5) is 0 Å². The van der Waals surface area contributed by atoms with Gasteiger partial charge in [-0.1, -0.05) is 67.3 Å². The van der Waals surface area contributed by atoms with Crippen molar-refractivity contribution in [2.24, 2.45) is 29.1 Å². The molecule has 0 saturated heterocycles. The summed E-state index contributed by atoms with van der Waals surface area (Å²) in [6, 6.07) is 9.54. The third-order valence-corrected chi connectivity index (χ3v) is 9.81. The maximum Gasteiger partial charge on any atom is 0.246 e. The van der Waals surface area contributed by atoms with E-state index in [2.05, 4.69) is 30.2 Å². The zero-order valence-corrected chi connectivity index (χ0v) is 25.4. The predicted octanol–water partition coefficient (Wildman–Crippen LogP) is 6.93. The maximum absolute atomic E-state index is 12.5. The lowest BCUT2D eigenvalue weighted by Crippen LogP contribution is -2.45. The van der Waals surface area contributed by atoms with Gasteiger partial charge in [-0.2, -0.15) is 0 Å². The van der Waals surface area contributed by atoms with E-state index in [1.807, 2.05) is 55.5 Å². The van der Waals surface area contributed by atoms with Gasteiger partial charge in [-0.3, -0.25) is 4.79 Å². The maximum atomic E-state index is 12.5. The first-order valence-electron chi connectivity index (χ1n) is 15.9. The summed E-state index contributed by atoms with van der Waals surface area (Å²) >= 11 is 0. The van der Waals surface area contributed by atoms with E-state index in [9.17, 15) is 15.0 Å². The molecule has 3 N–H and O–H groups in total. The highest BCUT2D eigenvalue weighted by molar-refractivity contribution is 5.92. The zero-order valence-electron chi connectivity index (χ0n) is 25.4. The predicted molar refractivity (Wildman–Crippen MR) is 168 cm³/mol. The lowest BCUT2D eigenvalue weighted by molar-refractivity contribution is -0.118. The van der Waals surface area contributed by atoms with E-state index in [4.69, 9.17) is 0 Å². The van der Waals surface area contributed by atoms with Gasteiger partial charge in [-0.25, -0.2) is 0 Å². The van der Waals surface area contributed by atoms with Gasteiger partial charge in [0.2, 0.25) is 5.91 Å². The average Bonchev–Trinajstić information content (AvgIpc) is 2.95. The van der Waals surface area contributed by atoms with Gasteiger partial charge in [0.25, 0.3) is 0 Å². The molecule has 4 fully saturated rings. The third kappa shape index (κ3) is 9.19. The Kier molecular flexibility index (Phi) is 11.5. The van der Waals surface area contributed by atoms with Crippen molar-refractivity contribution < 1.29 is 15.0 Å². The number of aliphatic hydroxyl groups excluding tert-OH is 2. The molecule has 3 atom stereocenters. The molecule has 1 aromatic rings. The Hall–Kier alpha value is -2.61. The SMILES string of the molecule is C/C(=C\CCC#C/C=C/[C@@H](C)[C@@H](O)/C(C)=C/CCC12CC3CC(CC(C3)C1)C2)C(=O)N[C@H](CO)Cc1ccccc1. The number of rotatable bonds is 13. The Labute approximate surface area is 248 Å². The van der Waals surface area contributed by atoms with E-state index in [0.29, 0.717) is 30.3 Å². The van der Waals surface area contributed by atoms with Crippen molar-refractivity contribution in [3.05, 3.63) is 71.3 Å². The molecule has 1 amide bonds. The van der Waals surface area contributed by atoms with Gasteiger partial charge in [-0.15, -0.1) is 0 Å². The zero-order chi connectivity index (χ0) is 29.2. The number of benzene rings is 1. The van der Waals surface area contributed by atoms with Crippen molar-refractivity contribution >= 4 is 5.91 Å². The monoisotopic (exact) mass is 557 g/mol. The quantitative estimate of drug-likeness (QED) is 0.107. The number of nitrogens with one attached hydrogen (secondary N) is 1. The lowest BCUT2D eigenvalue weighted by atomic mass is 9.48. The smallest absolute Gasteiger partial charge is 0.246 e. The highest BCUT2D eigenvalue weighted by Crippen LogP contribution is 2.61. The van der Waals surface area contributed by atoms with E-state index in [-0.39, 0.29) is 24.5 Å². The van der Waals surface area contributed by atoms with Crippen molar-refractivity contribution in [1.29, 1.82) is 0 Å². The average molecular weight is 558 g/mol. The van der Waals surface area contributed by atoms with E-state index in [0.717, 1.165) is 35.3 Å². The highest BCUT2D eigenvalue weighted by Gasteiger charge is 2.50. The van der Waals surface area contributed by atoms with Gasteiger partial charge in [0.05, 0.1) is 18.8 Å². The molecular weight excluding hydrogens is 506 g/mol. The summed E-state index contributed by atoms with van der Waals surface area (Å²) in [4.78, 5) is 12.5. The summed E-state index contributed by atoms with van der Waals surface area (Å²) in [5, 5.41) is 23.4. The minimum atomic E-state index is -0.474. The number of carbonyl (C=O) groups is 1. The van der Waals surface area contributed by atoms with E-state index in [1.165, 1.54) is 44.9 Å². The molecule has 0 heterocycles. The molecule has 5 rings (SSSR count). The van der Waals surface area contributed by atoms with Crippen molar-refractivity contribution in [3.63, 3.8) is 0 Å². The van der Waals surface area contributed by atoms with Crippen LogP contribution in [0.2, 0.25) is 0 Å². The fourth-order valence-electron chi connectivity index (χ4n) is 7.99. The molecule has 0 radical (unpaired) electrons. The first-order valence-corrected chi connectivity index (χ1v) is 15.9. The minimum absolute atomic E-state index is 0.0151. The van der Waals surface area contributed by atoms with Crippen LogP contribution in [0.15, 0.2) is 65.8 Å². The van der Waals surface area contributed by atoms with Crippen LogP contribution in [0.5, 0.6) is 0 Å². The van der Waals surface area contributed by atoms with Gasteiger partial charge >= 0.3 is 0 Å². The number of aliphatic hydroxyl groups is 2. The van der Waals surface area contributed by atoms with Crippen molar-refractivity contribution in [1.82, 2.24) is 5.32 Å². The van der Waals surface area contributed by atoms with Crippen molar-refractivity contribution in [2.75, 3.05) is 6.61 Å². The first-order chi connectivity index (χ1) is 19.8. The molecule has 222 valence electrons. The van der Waals surface area contributed by atoms with Crippen LogP contribution in [0.25, 0.3) is 0 Å². The summed E-state index contributed by atoms with van der Waals surface area (Å²) in [5.41, 5.74) is 3.39. The van der Waals surface area contributed by atoms with Crippen LogP contribution < -0.4 is 5.32 Å². The van der Waals surface area contributed by atoms with Crippen LogP contribution in [0, 0.1) is 40.9 Å². The van der Waals surface area contributed by atoms with Gasteiger partial charge < -0.3 is 15.5 Å². The van der Waals surface area contributed by atoms with Gasteiger partial charge in [0, 0.05) is 17.9 Å². The Bertz CT molecular complexity index is 1120. The Balaban J connectivity index is 1.14. The normalized spacial score (nSPS) is 27.8. The fraction of sp³-hybridized carbons (Fsp3) is 0.595. The summed E-state index contributed by atoms with van der Waals surface area (Å²) in [5.74, 6) is 9.06. The largest absolute Gasteiger partial charge is 0.394 e. The van der Waals surface area contributed by atoms with E-state index < -0.39 is 6.10 Å². The third-order valence-electron chi connectivity index (χ3n) is 9.81. The number of unbranched alkanes of at least 4 members (excludes halogenated alkanes) is 1. The molecule has 4 nitrogen and oxygen atoms in total. The Morgan fingerprint density at radius 1 is 1.05 bits per heavy atom. The molecule has 4 bridgehead atoms. The standard InChI is InChI=1S/C37H51NO3/c1-27(35(40)28(2)15-12-18-37-23-31-19-32(24-37)21-33(20-31)25-37)13-8-5-4-6-9-14-29(3)36(41)38-34(26-39)22-30-16-10-7-11-17-30/h7-8,10-11,13-17,27,31-35,39-40H,6,9,12,18-26H2,1-3H3,(H,38,41)/b13-8+,28-15+,29-14+/t27-,31?,32?,33?,34+,35-,37?/m1/s1.